The number of benzene rings is 1. The number of carboxylic acid groups (broad SMARTS) is 1. The molecule has 5 nitrogen and oxygen atoms in total. The lowest BCUT2D eigenvalue weighted by molar-refractivity contribution is 0.0696. The predicted molar refractivity (Wildman–Crippen MR) is 73.7 cm³/mol. The van der Waals surface area contributed by atoms with E-state index in [1.165, 1.54) is 12.1 Å². The van der Waals surface area contributed by atoms with Crippen LogP contribution >= 0.6 is 0 Å². The summed E-state index contributed by atoms with van der Waals surface area (Å²) >= 11 is 0. The molecule has 1 atom stereocenters. The van der Waals surface area contributed by atoms with Crippen molar-refractivity contribution in [2.75, 3.05) is 18.0 Å². The van der Waals surface area contributed by atoms with Crippen LogP contribution in [-0.2, 0) is 6.42 Å². The maximum absolute atomic E-state index is 11.1. The van der Waals surface area contributed by atoms with Crippen LogP contribution in [0.4, 0.5) is 11.4 Å². The van der Waals surface area contributed by atoms with Crippen molar-refractivity contribution in [2.24, 2.45) is 0 Å². The van der Waals surface area contributed by atoms with Gasteiger partial charge >= 0.3 is 5.97 Å². The first-order valence-corrected chi connectivity index (χ1v) is 6.10. The number of nitrogen functional groups attached to an aromatic ring is 2. The fourth-order valence-corrected chi connectivity index (χ4v) is 1.74. The molecule has 0 aliphatic heterocycles. The third kappa shape index (κ3) is 3.37. The van der Waals surface area contributed by atoms with Crippen molar-refractivity contribution in [3.63, 3.8) is 0 Å². The zero-order chi connectivity index (χ0) is 13.7. The van der Waals surface area contributed by atoms with Crippen LogP contribution in [0.25, 0.3) is 0 Å². The summed E-state index contributed by atoms with van der Waals surface area (Å²) in [5.74, 6) is -0.972. The topological polar surface area (TPSA) is 101 Å². The van der Waals surface area contributed by atoms with Gasteiger partial charge in [-0.05, 0) is 44.0 Å². The van der Waals surface area contributed by atoms with Gasteiger partial charge in [-0.2, -0.15) is 0 Å². The van der Waals surface area contributed by atoms with Gasteiger partial charge in [0.25, 0.3) is 0 Å². The van der Waals surface area contributed by atoms with Gasteiger partial charge in [0, 0.05) is 6.04 Å². The number of hydrogen-bond donors (Lipinski definition) is 4. The van der Waals surface area contributed by atoms with Crippen LogP contribution in [-0.4, -0.2) is 23.7 Å². The van der Waals surface area contributed by atoms with Crippen molar-refractivity contribution in [1.82, 2.24) is 5.32 Å². The second-order valence-corrected chi connectivity index (χ2v) is 4.41. The van der Waals surface area contributed by atoms with Crippen LogP contribution < -0.4 is 16.8 Å². The van der Waals surface area contributed by atoms with E-state index in [1.807, 2.05) is 0 Å². The van der Waals surface area contributed by atoms with Crippen LogP contribution in [0.5, 0.6) is 0 Å². The maximum atomic E-state index is 11.1. The molecule has 0 saturated carbocycles. The van der Waals surface area contributed by atoms with Gasteiger partial charge < -0.3 is 21.9 Å². The van der Waals surface area contributed by atoms with Crippen molar-refractivity contribution in [3.05, 3.63) is 23.3 Å². The Kier molecular flexibility index (Phi) is 4.97. The normalized spacial score (nSPS) is 12.3. The van der Waals surface area contributed by atoms with Crippen LogP contribution in [0.1, 0.15) is 36.2 Å². The van der Waals surface area contributed by atoms with E-state index in [1.54, 1.807) is 0 Å². The quantitative estimate of drug-likeness (QED) is 0.574. The Bertz CT molecular complexity index is 432. The highest BCUT2D eigenvalue weighted by Gasteiger charge is 2.14. The summed E-state index contributed by atoms with van der Waals surface area (Å²) in [5, 5.41) is 12.4. The Morgan fingerprint density at radius 1 is 1.44 bits per heavy atom. The van der Waals surface area contributed by atoms with Gasteiger partial charge in [0.05, 0.1) is 16.9 Å². The molecule has 0 spiro atoms. The Labute approximate surface area is 107 Å². The van der Waals surface area contributed by atoms with Gasteiger partial charge in [-0.1, -0.05) is 6.92 Å². The number of aromatic carboxylic acids is 1. The van der Waals surface area contributed by atoms with Gasteiger partial charge in [-0.25, -0.2) is 4.79 Å². The molecule has 5 heteroatoms. The van der Waals surface area contributed by atoms with E-state index < -0.39 is 5.97 Å². The fourth-order valence-electron chi connectivity index (χ4n) is 1.74. The Morgan fingerprint density at radius 2 is 2.11 bits per heavy atom. The number of hydrogen-bond acceptors (Lipinski definition) is 4. The van der Waals surface area contributed by atoms with Crippen LogP contribution in [0.2, 0.25) is 0 Å². The number of carbonyl (C=O) groups is 1. The average Bonchev–Trinajstić information content (AvgIpc) is 2.33. The molecule has 1 unspecified atom stereocenters. The molecule has 0 heterocycles. The van der Waals surface area contributed by atoms with E-state index in [0.29, 0.717) is 35.9 Å². The molecule has 6 N–H and O–H groups in total. The first-order valence-electron chi connectivity index (χ1n) is 6.10. The van der Waals surface area contributed by atoms with E-state index >= 15 is 0 Å². The Balaban J connectivity index is 2.85. The second-order valence-electron chi connectivity index (χ2n) is 4.41. The molecule has 0 fully saturated rings. The molecular formula is C13H21N3O2. The molecule has 0 aliphatic rings. The SMILES string of the molecule is CCC(C)NCCc1c(C(=O)O)ccc(N)c1N. The minimum Gasteiger partial charge on any atom is -0.478 e. The molecule has 1 aromatic carbocycles. The molecule has 1 aromatic rings. The van der Waals surface area contributed by atoms with Gasteiger partial charge in [-0.3, -0.25) is 0 Å². The lowest BCUT2D eigenvalue weighted by atomic mass is 10.0. The molecule has 0 saturated heterocycles. The standard InChI is InChI=1S/C13H21N3O2/c1-3-8(2)16-7-6-9-10(13(17)18)4-5-11(14)12(9)15/h4-5,8,16H,3,6-7,14-15H2,1-2H3,(H,17,18). The third-order valence-corrected chi connectivity index (χ3v) is 3.10. The molecular weight excluding hydrogens is 230 g/mol. The van der Waals surface area contributed by atoms with E-state index in [2.05, 4.69) is 19.2 Å². The number of anilines is 2. The number of nitrogens with one attached hydrogen (secondary N) is 1. The van der Waals surface area contributed by atoms with Crippen molar-refractivity contribution >= 4 is 17.3 Å². The first-order chi connectivity index (χ1) is 8.47. The van der Waals surface area contributed by atoms with Gasteiger partial charge in [0.1, 0.15) is 0 Å². The van der Waals surface area contributed by atoms with Crippen molar-refractivity contribution in [1.29, 1.82) is 0 Å². The summed E-state index contributed by atoms with van der Waals surface area (Å²) in [6, 6.07) is 3.44. The highest BCUT2D eigenvalue weighted by molar-refractivity contribution is 5.93. The highest BCUT2D eigenvalue weighted by atomic mass is 16.4. The summed E-state index contributed by atoms with van der Waals surface area (Å²) < 4.78 is 0. The highest BCUT2D eigenvalue weighted by Crippen LogP contribution is 2.24. The Hall–Kier alpha value is -1.75. The monoisotopic (exact) mass is 251 g/mol. The lowest BCUT2D eigenvalue weighted by Gasteiger charge is -2.14. The largest absolute Gasteiger partial charge is 0.478 e. The van der Waals surface area contributed by atoms with E-state index in [-0.39, 0.29) is 5.56 Å². The molecule has 1 rings (SSSR count). The summed E-state index contributed by atoms with van der Waals surface area (Å²) in [5.41, 5.74) is 13.2. The van der Waals surface area contributed by atoms with Crippen molar-refractivity contribution in [2.45, 2.75) is 32.7 Å². The molecule has 0 aromatic heterocycles. The summed E-state index contributed by atoms with van der Waals surface area (Å²) in [4.78, 5) is 11.1. The smallest absolute Gasteiger partial charge is 0.336 e. The van der Waals surface area contributed by atoms with Crippen molar-refractivity contribution in [3.8, 4) is 0 Å². The van der Waals surface area contributed by atoms with Crippen LogP contribution in [0.15, 0.2) is 12.1 Å². The molecule has 100 valence electrons. The number of carboxylic acids is 1. The predicted octanol–water partition coefficient (Wildman–Crippen LogP) is 1.48. The maximum Gasteiger partial charge on any atom is 0.336 e. The lowest BCUT2D eigenvalue weighted by Crippen LogP contribution is -2.28. The minimum atomic E-state index is -0.972. The first kappa shape index (κ1) is 14.3. The second kappa shape index (κ2) is 6.26. The van der Waals surface area contributed by atoms with Crippen molar-refractivity contribution < 1.29 is 9.90 Å². The van der Waals surface area contributed by atoms with Gasteiger partial charge in [0.15, 0.2) is 0 Å². The zero-order valence-corrected chi connectivity index (χ0v) is 10.9. The van der Waals surface area contributed by atoms with E-state index in [4.69, 9.17) is 16.6 Å². The molecule has 0 amide bonds. The van der Waals surface area contributed by atoms with E-state index in [9.17, 15) is 4.79 Å². The average molecular weight is 251 g/mol. The Morgan fingerprint density at radius 3 is 2.67 bits per heavy atom. The fraction of sp³-hybridized carbons (Fsp3) is 0.462. The number of nitrogens with two attached hydrogens (primary N) is 2. The summed E-state index contributed by atoms with van der Waals surface area (Å²) in [7, 11) is 0. The minimum absolute atomic E-state index is 0.229. The van der Waals surface area contributed by atoms with E-state index in [0.717, 1.165) is 6.42 Å². The van der Waals surface area contributed by atoms with Crippen LogP contribution in [0.3, 0.4) is 0 Å². The van der Waals surface area contributed by atoms with Crippen LogP contribution in [0, 0.1) is 0 Å². The summed E-state index contributed by atoms with van der Waals surface area (Å²) in [6.07, 6.45) is 1.58. The zero-order valence-electron chi connectivity index (χ0n) is 10.9. The molecule has 18 heavy (non-hydrogen) atoms. The number of rotatable bonds is 6. The third-order valence-electron chi connectivity index (χ3n) is 3.10. The van der Waals surface area contributed by atoms with Gasteiger partial charge in [0.2, 0.25) is 0 Å². The van der Waals surface area contributed by atoms with Gasteiger partial charge in [-0.15, -0.1) is 0 Å². The molecule has 0 bridgehead atoms. The molecule has 0 aliphatic carbocycles. The summed E-state index contributed by atoms with van der Waals surface area (Å²) in [6.45, 7) is 4.86. The molecule has 0 radical (unpaired) electrons.